The Kier molecular flexibility index (Phi) is 7.16. The lowest BCUT2D eigenvalue weighted by molar-refractivity contribution is -0.120. The number of piperazine rings is 1. The van der Waals surface area contributed by atoms with E-state index >= 15 is 0 Å². The Morgan fingerprint density at radius 2 is 2.03 bits per heavy atom. The lowest BCUT2D eigenvalue weighted by Gasteiger charge is -2.40. The SMILES string of the molecule is CC1(C)CN(C(=O)CN2CCNCC2CN2CCOCC2)c2cc(Cc3ccccc3F)cnc21. The fourth-order valence-corrected chi connectivity index (χ4v) is 5.49. The third-order valence-electron chi connectivity index (χ3n) is 7.45. The van der Waals surface area contributed by atoms with E-state index in [9.17, 15) is 9.18 Å². The monoisotopic (exact) mass is 481 g/mol. The van der Waals surface area contributed by atoms with Gasteiger partial charge < -0.3 is 15.0 Å². The molecule has 0 bridgehead atoms. The molecule has 4 heterocycles. The summed E-state index contributed by atoms with van der Waals surface area (Å²) in [6, 6.07) is 9.16. The van der Waals surface area contributed by atoms with Crippen molar-refractivity contribution in [3.8, 4) is 0 Å². The number of fused-ring (bicyclic) bond motifs is 1. The summed E-state index contributed by atoms with van der Waals surface area (Å²) in [4.78, 5) is 25.1. The van der Waals surface area contributed by atoms with Gasteiger partial charge in [0.1, 0.15) is 5.82 Å². The van der Waals surface area contributed by atoms with Gasteiger partial charge in [0.2, 0.25) is 5.91 Å². The highest BCUT2D eigenvalue weighted by atomic mass is 19.1. The molecule has 2 aromatic rings. The third-order valence-corrected chi connectivity index (χ3v) is 7.45. The van der Waals surface area contributed by atoms with Gasteiger partial charge in [-0.1, -0.05) is 32.0 Å². The second-order valence-electron chi connectivity index (χ2n) is 10.6. The summed E-state index contributed by atoms with van der Waals surface area (Å²) in [6.45, 7) is 12.3. The number of aromatic nitrogens is 1. The molecular weight excluding hydrogens is 445 g/mol. The second-order valence-corrected chi connectivity index (χ2v) is 10.6. The van der Waals surface area contributed by atoms with E-state index in [1.165, 1.54) is 6.07 Å². The van der Waals surface area contributed by atoms with Crippen LogP contribution in [0.25, 0.3) is 0 Å². The summed E-state index contributed by atoms with van der Waals surface area (Å²) < 4.78 is 19.7. The van der Waals surface area contributed by atoms with Crippen LogP contribution in [0.2, 0.25) is 0 Å². The number of benzene rings is 1. The highest BCUT2D eigenvalue weighted by molar-refractivity contribution is 5.97. The maximum absolute atomic E-state index is 14.2. The summed E-state index contributed by atoms with van der Waals surface area (Å²) in [7, 11) is 0. The number of amides is 1. The number of anilines is 1. The Morgan fingerprint density at radius 1 is 1.23 bits per heavy atom. The van der Waals surface area contributed by atoms with Gasteiger partial charge in [-0.05, 0) is 23.3 Å². The van der Waals surface area contributed by atoms with Crippen molar-refractivity contribution < 1.29 is 13.9 Å². The molecule has 2 fully saturated rings. The Bertz CT molecular complexity index is 1060. The van der Waals surface area contributed by atoms with Crippen LogP contribution in [0.15, 0.2) is 36.5 Å². The molecule has 7 nitrogen and oxygen atoms in total. The molecule has 0 saturated carbocycles. The molecule has 35 heavy (non-hydrogen) atoms. The van der Waals surface area contributed by atoms with Crippen LogP contribution in [-0.4, -0.2) is 92.3 Å². The van der Waals surface area contributed by atoms with Crippen LogP contribution in [0.4, 0.5) is 10.1 Å². The first kappa shape index (κ1) is 24.3. The van der Waals surface area contributed by atoms with Crippen LogP contribution >= 0.6 is 0 Å². The summed E-state index contributed by atoms with van der Waals surface area (Å²) in [5.74, 6) is -0.109. The van der Waals surface area contributed by atoms with Crippen LogP contribution in [0.5, 0.6) is 0 Å². The molecule has 1 unspecified atom stereocenters. The summed E-state index contributed by atoms with van der Waals surface area (Å²) in [6.07, 6.45) is 2.28. The largest absolute Gasteiger partial charge is 0.379 e. The van der Waals surface area contributed by atoms with Gasteiger partial charge in [0, 0.05) is 69.9 Å². The van der Waals surface area contributed by atoms with Crippen molar-refractivity contribution in [1.82, 2.24) is 20.1 Å². The fraction of sp³-hybridized carbons (Fsp3) is 0.556. The standard InChI is InChI=1S/C27H36FN5O2/c1-27(2)19-33(24-14-20(15-30-26(24)27)13-21-5-3-4-6-23(21)28)25(34)18-32-8-7-29-16-22(32)17-31-9-11-35-12-10-31/h3-6,14-15,22,29H,7-13,16-19H2,1-2H3. The van der Waals surface area contributed by atoms with Crippen molar-refractivity contribution in [2.45, 2.75) is 31.7 Å². The molecule has 2 saturated heterocycles. The second kappa shape index (κ2) is 10.3. The fourth-order valence-electron chi connectivity index (χ4n) is 5.49. The Hall–Kier alpha value is -2.39. The van der Waals surface area contributed by atoms with E-state index in [0.717, 1.165) is 69.4 Å². The number of morpholine rings is 1. The van der Waals surface area contributed by atoms with E-state index in [1.807, 2.05) is 23.2 Å². The number of nitrogens with one attached hydrogen (secondary N) is 1. The molecule has 188 valence electrons. The number of carbonyl (C=O) groups is 1. The van der Waals surface area contributed by atoms with Gasteiger partial charge in [0.05, 0.1) is 31.1 Å². The van der Waals surface area contributed by atoms with E-state index in [4.69, 9.17) is 9.72 Å². The Morgan fingerprint density at radius 3 is 2.83 bits per heavy atom. The van der Waals surface area contributed by atoms with Gasteiger partial charge in [-0.2, -0.15) is 0 Å². The summed E-state index contributed by atoms with van der Waals surface area (Å²) in [5, 5.41) is 3.50. The zero-order valence-electron chi connectivity index (χ0n) is 20.8. The predicted octanol–water partition coefficient (Wildman–Crippen LogP) is 2.04. The van der Waals surface area contributed by atoms with Crippen LogP contribution in [0, 0.1) is 5.82 Å². The first-order valence-corrected chi connectivity index (χ1v) is 12.7. The molecule has 1 amide bonds. The van der Waals surface area contributed by atoms with Crippen molar-refractivity contribution in [3.63, 3.8) is 0 Å². The molecule has 1 N–H and O–H groups in total. The number of nitrogens with zero attached hydrogens (tertiary/aromatic N) is 4. The zero-order chi connectivity index (χ0) is 24.4. The first-order chi connectivity index (χ1) is 16.9. The summed E-state index contributed by atoms with van der Waals surface area (Å²) >= 11 is 0. The highest BCUT2D eigenvalue weighted by Crippen LogP contribution is 2.39. The van der Waals surface area contributed by atoms with E-state index in [0.29, 0.717) is 31.1 Å². The lowest BCUT2D eigenvalue weighted by atomic mass is 9.91. The topological polar surface area (TPSA) is 60.9 Å². The molecule has 0 spiro atoms. The van der Waals surface area contributed by atoms with E-state index < -0.39 is 0 Å². The van der Waals surface area contributed by atoms with Crippen molar-refractivity contribution in [3.05, 3.63) is 59.2 Å². The van der Waals surface area contributed by atoms with Crippen molar-refractivity contribution >= 4 is 11.6 Å². The van der Waals surface area contributed by atoms with Crippen molar-refractivity contribution in [2.24, 2.45) is 0 Å². The number of halogens is 1. The number of hydrogen-bond acceptors (Lipinski definition) is 6. The van der Waals surface area contributed by atoms with Crippen LogP contribution < -0.4 is 10.2 Å². The minimum absolute atomic E-state index is 0.107. The van der Waals surface area contributed by atoms with Gasteiger partial charge >= 0.3 is 0 Å². The summed E-state index contributed by atoms with van der Waals surface area (Å²) in [5.41, 5.74) is 3.13. The maximum atomic E-state index is 14.2. The molecule has 1 aromatic carbocycles. The van der Waals surface area contributed by atoms with Crippen LogP contribution in [0.1, 0.15) is 30.7 Å². The Labute approximate surface area is 207 Å². The van der Waals surface area contributed by atoms with Gasteiger partial charge in [-0.15, -0.1) is 0 Å². The zero-order valence-corrected chi connectivity index (χ0v) is 20.8. The molecular formula is C27H36FN5O2. The van der Waals surface area contributed by atoms with Crippen LogP contribution in [-0.2, 0) is 21.4 Å². The van der Waals surface area contributed by atoms with Gasteiger partial charge in [0.15, 0.2) is 0 Å². The number of ether oxygens (including phenoxy) is 1. The quantitative estimate of drug-likeness (QED) is 0.682. The smallest absolute Gasteiger partial charge is 0.241 e. The number of rotatable bonds is 6. The Balaban J connectivity index is 1.32. The normalized spacial score (nSPS) is 22.8. The minimum atomic E-state index is -0.224. The van der Waals surface area contributed by atoms with Gasteiger partial charge in [-0.3, -0.25) is 19.6 Å². The minimum Gasteiger partial charge on any atom is -0.379 e. The number of carbonyl (C=O) groups excluding carboxylic acids is 1. The van der Waals surface area contributed by atoms with E-state index in [1.54, 1.807) is 12.1 Å². The molecule has 1 atom stereocenters. The maximum Gasteiger partial charge on any atom is 0.241 e. The highest BCUT2D eigenvalue weighted by Gasteiger charge is 2.40. The molecule has 3 aliphatic rings. The van der Waals surface area contributed by atoms with E-state index in [2.05, 4.69) is 29.0 Å². The molecule has 0 radical (unpaired) electrons. The average Bonchev–Trinajstić information content (AvgIpc) is 3.13. The van der Waals surface area contributed by atoms with Crippen molar-refractivity contribution in [2.75, 3.05) is 70.5 Å². The molecule has 0 aliphatic carbocycles. The predicted molar refractivity (Wildman–Crippen MR) is 134 cm³/mol. The van der Waals surface area contributed by atoms with Gasteiger partial charge in [-0.25, -0.2) is 4.39 Å². The average molecular weight is 482 g/mol. The molecule has 8 heteroatoms. The third kappa shape index (κ3) is 5.40. The molecule has 5 rings (SSSR count). The van der Waals surface area contributed by atoms with Crippen molar-refractivity contribution in [1.29, 1.82) is 0 Å². The van der Waals surface area contributed by atoms with Crippen LogP contribution in [0.3, 0.4) is 0 Å². The number of pyridine rings is 1. The molecule has 3 aliphatic heterocycles. The first-order valence-electron chi connectivity index (χ1n) is 12.7. The lowest BCUT2D eigenvalue weighted by Crippen LogP contribution is -2.58. The molecule has 1 aromatic heterocycles. The van der Waals surface area contributed by atoms with E-state index in [-0.39, 0.29) is 17.1 Å². The number of hydrogen-bond donors (Lipinski definition) is 1. The van der Waals surface area contributed by atoms with Gasteiger partial charge in [0.25, 0.3) is 0 Å².